The van der Waals surface area contributed by atoms with Gasteiger partial charge in [0.05, 0.1) is 4.92 Å². The Labute approximate surface area is 116 Å². The van der Waals surface area contributed by atoms with Gasteiger partial charge >= 0.3 is 0 Å². The van der Waals surface area contributed by atoms with Crippen molar-refractivity contribution in [2.75, 3.05) is 19.6 Å². The molecule has 0 saturated carbocycles. The molecular weight excluding hydrogens is 282 g/mol. The zero-order valence-electron chi connectivity index (χ0n) is 10.7. The summed E-state index contributed by atoms with van der Waals surface area (Å²) in [5, 5.41) is 14.2. The summed E-state index contributed by atoms with van der Waals surface area (Å²) in [4.78, 5) is 10.1. The van der Waals surface area contributed by atoms with Gasteiger partial charge in [-0.2, -0.15) is 4.31 Å². The molecule has 1 aromatic carbocycles. The second-order valence-electron chi connectivity index (χ2n) is 5.12. The normalized spacial score (nSPS) is 26.6. The first kappa shape index (κ1) is 13.5. The Morgan fingerprint density at radius 1 is 1.35 bits per heavy atom. The molecule has 2 atom stereocenters. The standard InChI is InChI=1S/C12H15N3O4S/c16-15(17)11-3-1-2-4-12(11)20(18,19)14-8-9-7-13-6-5-10(9)14/h1-4,9-10,13H,5-8H2. The highest BCUT2D eigenvalue weighted by atomic mass is 32.2. The molecule has 0 bridgehead atoms. The highest BCUT2D eigenvalue weighted by Gasteiger charge is 2.48. The van der Waals surface area contributed by atoms with Crippen LogP contribution in [0.2, 0.25) is 0 Å². The fourth-order valence-corrected chi connectivity index (χ4v) is 4.86. The van der Waals surface area contributed by atoms with E-state index in [-0.39, 0.29) is 16.6 Å². The minimum atomic E-state index is -3.78. The Kier molecular flexibility index (Phi) is 3.23. The maximum absolute atomic E-state index is 12.6. The molecule has 3 rings (SSSR count). The van der Waals surface area contributed by atoms with Gasteiger partial charge in [-0.1, -0.05) is 12.1 Å². The van der Waals surface area contributed by atoms with E-state index in [1.165, 1.54) is 28.6 Å². The Hall–Kier alpha value is -1.51. The molecule has 108 valence electrons. The third-order valence-corrected chi connectivity index (χ3v) is 5.94. The number of nitrogens with one attached hydrogen (secondary N) is 1. The predicted octanol–water partition coefficient (Wildman–Crippen LogP) is 0.577. The molecule has 2 aliphatic heterocycles. The zero-order chi connectivity index (χ0) is 14.3. The number of piperidine rings is 1. The summed E-state index contributed by atoms with van der Waals surface area (Å²) in [6.45, 7) is 2.03. The lowest BCUT2D eigenvalue weighted by Crippen LogP contribution is -2.64. The van der Waals surface area contributed by atoms with E-state index in [1.54, 1.807) is 0 Å². The van der Waals surface area contributed by atoms with Crippen molar-refractivity contribution in [3.05, 3.63) is 34.4 Å². The molecule has 2 heterocycles. The molecule has 0 aliphatic carbocycles. The van der Waals surface area contributed by atoms with Crippen molar-refractivity contribution < 1.29 is 13.3 Å². The van der Waals surface area contributed by atoms with Crippen LogP contribution in [0.4, 0.5) is 5.69 Å². The quantitative estimate of drug-likeness (QED) is 0.650. The van der Waals surface area contributed by atoms with Gasteiger partial charge in [-0.3, -0.25) is 10.1 Å². The van der Waals surface area contributed by atoms with Gasteiger partial charge < -0.3 is 5.32 Å². The van der Waals surface area contributed by atoms with Crippen molar-refractivity contribution in [2.24, 2.45) is 5.92 Å². The molecule has 0 radical (unpaired) electrons. The largest absolute Gasteiger partial charge is 0.316 e. The topological polar surface area (TPSA) is 92.5 Å². The number of nitro groups is 1. The molecular formula is C12H15N3O4S. The second-order valence-corrected chi connectivity index (χ2v) is 6.98. The number of fused-ring (bicyclic) bond motifs is 1. The number of rotatable bonds is 3. The van der Waals surface area contributed by atoms with E-state index in [0.717, 1.165) is 19.5 Å². The van der Waals surface area contributed by atoms with E-state index < -0.39 is 14.9 Å². The van der Waals surface area contributed by atoms with Gasteiger partial charge in [-0.05, 0) is 19.0 Å². The Morgan fingerprint density at radius 2 is 2.10 bits per heavy atom. The average Bonchev–Trinajstić information content (AvgIpc) is 2.40. The van der Waals surface area contributed by atoms with Crippen LogP contribution >= 0.6 is 0 Å². The SMILES string of the molecule is O=[N+]([O-])c1ccccc1S(=O)(=O)N1CC2CNCCC21. The van der Waals surface area contributed by atoms with Crippen LogP contribution < -0.4 is 5.32 Å². The monoisotopic (exact) mass is 297 g/mol. The third kappa shape index (κ3) is 2.00. The summed E-state index contributed by atoms with van der Waals surface area (Å²) < 4.78 is 26.6. The molecule has 7 nitrogen and oxygen atoms in total. The van der Waals surface area contributed by atoms with Crippen LogP contribution in [0.25, 0.3) is 0 Å². The van der Waals surface area contributed by atoms with Gasteiger partial charge in [0.25, 0.3) is 5.69 Å². The van der Waals surface area contributed by atoms with Gasteiger partial charge in [0, 0.05) is 31.1 Å². The van der Waals surface area contributed by atoms with E-state index in [4.69, 9.17) is 0 Å². The van der Waals surface area contributed by atoms with Crippen molar-refractivity contribution >= 4 is 15.7 Å². The molecule has 0 spiro atoms. The van der Waals surface area contributed by atoms with Gasteiger partial charge in [0.2, 0.25) is 10.0 Å². The minimum Gasteiger partial charge on any atom is -0.316 e. The van der Waals surface area contributed by atoms with Crippen molar-refractivity contribution in [3.8, 4) is 0 Å². The number of nitro benzene ring substituents is 1. The number of nitrogens with zero attached hydrogens (tertiary/aromatic N) is 2. The maximum atomic E-state index is 12.6. The first-order valence-corrected chi connectivity index (χ1v) is 7.92. The number of benzene rings is 1. The van der Waals surface area contributed by atoms with E-state index in [2.05, 4.69) is 5.32 Å². The Balaban J connectivity index is 1.95. The summed E-state index contributed by atoms with van der Waals surface area (Å²) in [5.41, 5.74) is -0.357. The molecule has 20 heavy (non-hydrogen) atoms. The third-order valence-electron chi connectivity index (χ3n) is 4.00. The fraction of sp³-hybridized carbons (Fsp3) is 0.500. The van der Waals surface area contributed by atoms with Crippen molar-refractivity contribution in [3.63, 3.8) is 0 Å². The molecule has 0 amide bonds. The summed E-state index contributed by atoms with van der Waals surface area (Å²) in [7, 11) is -3.78. The van der Waals surface area contributed by atoms with Crippen molar-refractivity contribution in [1.29, 1.82) is 0 Å². The van der Waals surface area contributed by atoms with Crippen LogP contribution in [0, 0.1) is 16.0 Å². The van der Waals surface area contributed by atoms with Crippen LogP contribution in [0.1, 0.15) is 6.42 Å². The summed E-state index contributed by atoms with van der Waals surface area (Å²) >= 11 is 0. The molecule has 8 heteroatoms. The van der Waals surface area contributed by atoms with Gasteiger partial charge in [0.1, 0.15) is 0 Å². The number of sulfonamides is 1. The zero-order valence-corrected chi connectivity index (χ0v) is 11.5. The van der Waals surface area contributed by atoms with Crippen LogP contribution in [0.15, 0.2) is 29.2 Å². The molecule has 0 aromatic heterocycles. The van der Waals surface area contributed by atoms with E-state index in [0.29, 0.717) is 12.5 Å². The van der Waals surface area contributed by atoms with Crippen LogP contribution in [0.3, 0.4) is 0 Å². The molecule has 2 fully saturated rings. The molecule has 2 aliphatic rings. The summed E-state index contributed by atoms with van der Waals surface area (Å²) in [6, 6.07) is 5.50. The Bertz CT molecular complexity index is 646. The first-order valence-electron chi connectivity index (χ1n) is 6.48. The minimum absolute atomic E-state index is 0.0268. The van der Waals surface area contributed by atoms with E-state index in [1.807, 2.05) is 0 Å². The van der Waals surface area contributed by atoms with Gasteiger partial charge in [-0.15, -0.1) is 0 Å². The highest BCUT2D eigenvalue weighted by molar-refractivity contribution is 7.89. The highest BCUT2D eigenvalue weighted by Crippen LogP contribution is 2.37. The Morgan fingerprint density at radius 3 is 2.80 bits per heavy atom. The molecule has 2 unspecified atom stereocenters. The number of para-hydroxylation sites is 1. The second kappa shape index (κ2) is 4.80. The summed E-state index contributed by atoms with van der Waals surface area (Å²) in [5.74, 6) is 0.321. The van der Waals surface area contributed by atoms with Crippen molar-refractivity contribution in [1.82, 2.24) is 9.62 Å². The fourth-order valence-electron chi connectivity index (χ4n) is 2.93. The van der Waals surface area contributed by atoms with Crippen LogP contribution in [-0.2, 0) is 10.0 Å². The lowest BCUT2D eigenvalue weighted by Gasteiger charge is -2.49. The van der Waals surface area contributed by atoms with Crippen LogP contribution in [-0.4, -0.2) is 43.3 Å². The molecule has 1 N–H and O–H groups in total. The lowest BCUT2D eigenvalue weighted by molar-refractivity contribution is -0.387. The van der Waals surface area contributed by atoms with Crippen LogP contribution in [0.5, 0.6) is 0 Å². The molecule has 1 aromatic rings. The van der Waals surface area contributed by atoms with Gasteiger partial charge in [-0.25, -0.2) is 8.42 Å². The maximum Gasteiger partial charge on any atom is 0.289 e. The first-order chi connectivity index (χ1) is 9.51. The summed E-state index contributed by atoms with van der Waals surface area (Å²) in [6.07, 6.45) is 0.754. The van der Waals surface area contributed by atoms with Crippen molar-refractivity contribution in [2.45, 2.75) is 17.4 Å². The average molecular weight is 297 g/mol. The predicted molar refractivity (Wildman–Crippen MR) is 71.8 cm³/mol. The van der Waals surface area contributed by atoms with E-state index in [9.17, 15) is 18.5 Å². The van der Waals surface area contributed by atoms with Gasteiger partial charge in [0.15, 0.2) is 4.90 Å². The lowest BCUT2D eigenvalue weighted by atomic mass is 9.86. The number of hydrogen-bond acceptors (Lipinski definition) is 5. The smallest absolute Gasteiger partial charge is 0.289 e. The number of hydrogen-bond donors (Lipinski definition) is 1. The molecule has 2 saturated heterocycles. The van der Waals surface area contributed by atoms with E-state index >= 15 is 0 Å².